The van der Waals surface area contributed by atoms with Crippen molar-refractivity contribution in [2.24, 2.45) is 0 Å². The van der Waals surface area contributed by atoms with Gasteiger partial charge in [-0.05, 0) is 26.7 Å². The molecule has 0 aromatic carbocycles. The number of thioether (sulfide) groups is 1. The van der Waals surface area contributed by atoms with Crippen molar-refractivity contribution in [2.75, 3.05) is 11.5 Å². The Morgan fingerprint density at radius 1 is 1.50 bits per heavy atom. The molecule has 0 aliphatic carbocycles. The number of nitrogens with two attached hydrogens (primary N) is 1. The minimum atomic E-state index is 0.0269. The number of rotatable bonds is 3. The molecule has 1 atom stereocenters. The highest BCUT2D eigenvalue weighted by molar-refractivity contribution is 7.99. The van der Waals surface area contributed by atoms with E-state index < -0.39 is 0 Å². The first-order valence-electron chi connectivity index (χ1n) is 5.44. The molecule has 2 heterocycles. The summed E-state index contributed by atoms with van der Waals surface area (Å²) >= 11 is 1.62. The number of anilines is 1. The molecule has 1 aliphatic rings. The highest BCUT2D eigenvalue weighted by Crippen LogP contribution is 2.32. The first-order chi connectivity index (χ1) is 7.57. The third-order valence-electron chi connectivity index (χ3n) is 2.65. The Morgan fingerprint density at radius 3 is 2.88 bits per heavy atom. The molecule has 1 aromatic rings. The van der Waals surface area contributed by atoms with E-state index >= 15 is 0 Å². The van der Waals surface area contributed by atoms with Crippen LogP contribution >= 0.6 is 11.8 Å². The van der Waals surface area contributed by atoms with Crippen LogP contribution in [-0.4, -0.2) is 27.4 Å². The van der Waals surface area contributed by atoms with E-state index in [1.165, 1.54) is 0 Å². The summed E-state index contributed by atoms with van der Waals surface area (Å²) in [7, 11) is 0. The normalized spacial score (nSPS) is 23.5. The molecule has 2 N–H and O–H groups in total. The van der Waals surface area contributed by atoms with Gasteiger partial charge in [-0.25, -0.2) is 9.97 Å². The molecule has 1 fully saturated rings. The van der Waals surface area contributed by atoms with Crippen molar-refractivity contribution < 1.29 is 4.74 Å². The minimum absolute atomic E-state index is 0.0269. The summed E-state index contributed by atoms with van der Waals surface area (Å²) in [6.45, 7) is 4.27. The zero-order chi connectivity index (χ0) is 11.6. The van der Waals surface area contributed by atoms with Gasteiger partial charge in [0.05, 0.1) is 11.7 Å². The Labute approximate surface area is 100.0 Å². The average molecular weight is 239 g/mol. The fraction of sp³-hybridized carbons (Fsp3) is 0.636. The summed E-state index contributed by atoms with van der Waals surface area (Å²) in [6, 6.07) is 0. The average Bonchev–Trinajstić information content (AvgIpc) is 2.57. The first-order valence-corrected chi connectivity index (χ1v) is 6.42. The molecule has 0 amide bonds. The number of nitrogens with zero attached hydrogens (tertiary/aromatic N) is 2. The van der Waals surface area contributed by atoms with Crippen molar-refractivity contribution >= 4 is 17.6 Å². The van der Waals surface area contributed by atoms with Crippen molar-refractivity contribution in [1.29, 1.82) is 0 Å². The van der Waals surface area contributed by atoms with Gasteiger partial charge in [0.25, 0.3) is 0 Å². The molecule has 88 valence electrons. The van der Waals surface area contributed by atoms with E-state index in [-0.39, 0.29) is 5.60 Å². The van der Waals surface area contributed by atoms with Gasteiger partial charge >= 0.3 is 0 Å². The van der Waals surface area contributed by atoms with Crippen LogP contribution in [-0.2, 0) is 4.74 Å². The molecule has 4 nitrogen and oxygen atoms in total. The topological polar surface area (TPSA) is 61.0 Å². The van der Waals surface area contributed by atoms with Crippen molar-refractivity contribution in [1.82, 2.24) is 9.97 Å². The van der Waals surface area contributed by atoms with Gasteiger partial charge in [0.1, 0.15) is 5.03 Å². The summed E-state index contributed by atoms with van der Waals surface area (Å²) in [6.07, 6.45) is 5.81. The predicted molar refractivity (Wildman–Crippen MR) is 65.4 cm³/mol. The van der Waals surface area contributed by atoms with E-state index in [1.807, 2.05) is 0 Å². The van der Waals surface area contributed by atoms with Gasteiger partial charge in [-0.3, -0.25) is 0 Å². The lowest BCUT2D eigenvalue weighted by molar-refractivity contribution is -0.00467. The maximum atomic E-state index is 5.90. The smallest absolute Gasteiger partial charge is 0.156 e. The lowest BCUT2D eigenvalue weighted by Crippen LogP contribution is -2.21. The van der Waals surface area contributed by atoms with Crippen molar-refractivity contribution in [2.45, 2.75) is 43.4 Å². The summed E-state index contributed by atoms with van der Waals surface area (Å²) in [5.41, 5.74) is 5.75. The number of aromatic nitrogens is 2. The van der Waals surface area contributed by atoms with E-state index in [1.54, 1.807) is 24.2 Å². The molecule has 1 unspecified atom stereocenters. The Kier molecular flexibility index (Phi) is 3.35. The van der Waals surface area contributed by atoms with Crippen LogP contribution in [0.4, 0.5) is 5.82 Å². The second-order valence-corrected chi connectivity index (χ2v) is 5.60. The number of ether oxygens (including phenoxy) is 1. The van der Waals surface area contributed by atoms with Gasteiger partial charge in [0.2, 0.25) is 0 Å². The van der Waals surface area contributed by atoms with Gasteiger partial charge in [0, 0.05) is 18.1 Å². The van der Waals surface area contributed by atoms with E-state index in [9.17, 15) is 0 Å². The van der Waals surface area contributed by atoms with E-state index in [4.69, 9.17) is 10.5 Å². The molecular formula is C11H17N3OS. The minimum Gasteiger partial charge on any atom is -0.381 e. The highest BCUT2D eigenvalue weighted by atomic mass is 32.2. The first kappa shape index (κ1) is 11.7. The molecule has 1 saturated heterocycles. The fourth-order valence-corrected chi connectivity index (χ4v) is 2.73. The number of nitrogen functional groups attached to an aromatic ring is 1. The monoisotopic (exact) mass is 239 g/mol. The van der Waals surface area contributed by atoms with E-state index in [0.717, 1.165) is 23.6 Å². The standard InChI is InChI=1S/C11H17N3OS/c1-11(2)4-3-8(15-11)7-16-10-9(12)13-5-6-14-10/h5-6,8H,3-4,7H2,1-2H3,(H2,12,13). The lowest BCUT2D eigenvalue weighted by Gasteiger charge is -2.18. The molecule has 0 spiro atoms. The molecule has 2 rings (SSSR count). The lowest BCUT2D eigenvalue weighted by atomic mass is 10.1. The fourth-order valence-electron chi connectivity index (χ4n) is 1.81. The van der Waals surface area contributed by atoms with Crippen molar-refractivity contribution in [3.05, 3.63) is 12.4 Å². The largest absolute Gasteiger partial charge is 0.381 e. The van der Waals surface area contributed by atoms with Crippen LogP contribution in [0.2, 0.25) is 0 Å². The van der Waals surface area contributed by atoms with Crippen LogP contribution < -0.4 is 5.73 Å². The van der Waals surface area contributed by atoms with Gasteiger partial charge in [-0.1, -0.05) is 11.8 Å². The summed E-state index contributed by atoms with van der Waals surface area (Å²) in [5.74, 6) is 1.40. The van der Waals surface area contributed by atoms with Crippen molar-refractivity contribution in [3.63, 3.8) is 0 Å². The third-order valence-corrected chi connectivity index (χ3v) is 3.78. The summed E-state index contributed by atoms with van der Waals surface area (Å²) in [5, 5.41) is 0.802. The van der Waals surface area contributed by atoms with Gasteiger partial charge in [0.15, 0.2) is 5.82 Å². The Hall–Kier alpha value is -0.810. The van der Waals surface area contributed by atoms with Crippen LogP contribution in [0.3, 0.4) is 0 Å². The van der Waals surface area contributed by atoms with Gasteiger partial charge in [-0.2, -0.15) is 0 Å². The van der Waals surface area contributed by atoms with Crippen LogP contribution in [0.25, 0.3) is 0 Å². The SMILES string of the molecule is CC1(C)CCC(CSc2nccnc2N)O1. The third kappa shape index (κ3) is 2.86. The predicted octanol–water partition coefficient (Wildman–Crippen LogP) is 2.11. The van der Waals surface area contributed by atoms with Crippen LogP contribution in [0, 0.1) is 0 Å². The Morgan fingerprint density at radius 2 is 2.25 bits per heavy atom. The zero-order valence-electron chi connectivity index (χ0n) is 9.64. The second kappa shape index (κ2) is 4.59. The molecule has 1 aromatic heterocycles. The molecule has 1 aliphatic heterocycles. The maximum Gasteiger partial charge on any atom is 0.156 e. The van der Waals surface area contributed by atoms with Gasteiger partial charge in [-0.15, -0.1) is 0 Å². The van der Waals surface area contributed by atoms with Crippen molar-refractivity contribution in [3.8, 4) is 0 Å². The second-order valence-electron chi connectivity index (χ2n) is 4.60. The van der Waals surface area contributed by atoms with Crippen LogP contribution in [0.1, 0.15) is 26.7 Å². The number of hydrogen-bond acceptors (Lipinski definition) is 5. The summed E-state index contributed by atoms with van der Waals surface area (Å²) in [4.78, 5) is 8.20. The van der Waals surface area contributed by atoms with Crippen LogP contribution in [0.15, 0.2) is 17.4 Å². The Balaban J connectivity index is 1.87. The van der Waals surface area contributed by atoms with E-state index in [0.29, 0.717) is 11.9 Å². The zero-order valence-corrected chi connectivity index (χ0v) is 10.5. The van der Waals surface area contributed by atoms with Gasteiger partial charge < -0.3 is 10.5 Å². The molecular weight excluding hydrogens is 222 g/mol. The quantitative estimate of drug-likeness (QED) is 0.819. The molecule has 0 bridgehead atoms. The Bertz CT molecular complexity index is 370. The summed E-state index contributed by atoms with van der Waals surface area (Å²) < 4.78 is 5.90. The highest BCUT2D eigenvalue weighted by Gasteiger charge is 2.31. The van der Waals surface area contributed by atoms with E-state index in [2.05, 4.69) is 23.8 Å². The maximum absolute atomic E-state index is 5.90. The molecule has 16 heavy (non-hydrogen) atoms. The molecule has 0 saturated carbocycles. The molecule has 5 heteroatoms. The molecule has 0 radical (unpaired) electrons. The van der Waals surface area contributed by atoms with Crippen LogP contribution in [0.5, 0.6) is 0 Å². The number of hydrogen-bond donors (Lipinski definition) is 1.